The average molecular weight is 233 g/mol. The normalized spacial score (nSPS) is 10.6. The van der Waals surface area contributed by atoms with Crippen LogP contribution >= 0.6 is 11.3 Å². The molecule has 0 atom stereocenters. The minimum atomic E-state index is 0.631. The van der Waals surface area contributed by atoms with Crippen molar-refractivity contribution in [3.8, 4) is 10.4 Å². The van der Waals surface area contributed by atoms with Crippen LogP contribution in [0.5, 0.6) is 0 Å². The predicted octanol–water partition coefficient (Wildman–Crippen LogP) is 2.50. The molecular weight excluding hydrogens is 218 g/mol. The van der Waals surface area contributed by atoms with Crippen molar-refractivity contribution >= 4 is 16.5 Å². The molecule has 16 heavy (non-hydrogen) atoms. The van der Waals surface area contributed by atoms with Gasteiger partial charge in [-0.25, -0.2) is 4.98 Å². The largest absolute Gasteiger partial charge is 0.375 e. The number of nitrogens with one attached hydrogen (secondary N) is 1. The number of nitrogens with zero attached hydrogens (tertiary/aromatic N) is 1. The Morgan fingerprint density at radius 3 is 2.75 bits per heavy atom. The van der Waals surface area contributed by atoms with E-state index in [1.165, 1.54) is 10.4 Å². The molecule has 0 aliphatic heterocycles. The van der Waals surface area contributed by atoms with Gasteiger partial charge >= 0.3 is 0 Å². The van der Waals surface area contributed by atoms with E-state index in [4.69, 9.17) is 5.73 Å². The van der Waals surface area contributed by atoms with Gasteiger partial charge in [0.25, 0.3) is 0 Å². The zero-order chi connectivity index (χ0) is 11.4. The lowest BCUT2D eigenvalue weighted by Crippen LogP contribution is -2.12. The lowest BCUT2D eigenvalue weighted by atomic mass is 10.1. The van der Waals surface area contributed by atoms with E-state index in [1.54, 1.807) is 11.3 Å². The fourth-order valence-electron chi connectivity index (χ4n) is 1.55. The van der Waals surface area contributed by atoms with Crippen LogP contribution in [0.3, 0.4) is 0 Å². The number of anilines is 1. The first-order valence-corrected chi connectivity index (χ1v) is 6.14. The summed E-state index contributed by atoms with van der Waals surface area (Å²) >= 11 is 1.54. The van der Waals surface area contributed by atoms with Gasteiger partial charge in [-0.15, -0.1) is 0 Å². The van der Waals surface area contributed by atoms with Gasteiger partial charge < -0.3 is 11.1 Å². The van der Waals surface area contributed by atoms with Crippen molar-refractivity contribution in [2.75, 3.05) is 12.3 Å². The summed E-state index contributed by atoms with van der Waals surface area (Å²) in [5, 5.41) is 3.91. The number of hydrogen-bond acceptors (Lipinski definition) is 4. The van der Waals surface area contributed by atoms with Crippen LogP contribution in [-0.2, 0) is 6.54 Å². The Morgan fingerprint density at radius 1 is 1.31 bits per heavy atom. The predicted molar refractivity (Wildman–Crippen MR) is 69.3 cm³/mol. The Balaban J connectivity index is 2.33. The van der Waals surface area contributed by atoms with Crippen LogP contribution in [0.4, 0.5) is 5.13 Å². The van der Waals surface area contributed by atoms with Crippen molar-refractivity contribution in [1.29, 1.82) is 0 Å². The lowest BCUT2D eigenvalue weighted by Gasteiger charge is -2.02. The number of nitrogens with two attached hydrogens (primary N) is 1. The van der Waals surface area contributed by atoms with E-state index in [0.717, 1.165) is 18.8 Å². The smallest absolute Gasteiger partial charge is 0.180 e. The SMILES string of the molecule is CCNCc1nc(N)sc1-c1ccccc1. The summed E-state index contributed by atoms with van der Waals surface area (Å²) in [5.74, 6) is 0. The topological polar surface area (TPSA) is 50.9 Å². The van der Waals surface area contributed by atoms with E-state index < -0.39 is 0 Å². The molecule has 84 valence electrons. The average Bonchev–Trinajstić information content (AvgIpc) is 2.69. The Labute approximate surface area is 99.3 Å². The molecule has 0 saturated carbocycles. The zero-order valence-electron chi connectivity index (χ0n) is 9.23. The molecule has 0 bridgehead atoms. The van der Waals surface area contributed by atoms with Crippen molar-refractivity contribution in [3.05, 3.63) is 36.0 Å². The summed E-state index contributed by atoms with van der Waals surface area (Å²) in [4.78, 5) is 5.52. The van der Waals surface area contributed by atoms with Gasteiger partial charge in [0, 0.05) is 6.54 Å². The van der Waals surface area contributed by atoms with E-state index in [2.05, 4.69) is 29.4 Å². The molecule has 0 unspecified atom stereocenters. The molecular formula is C12H15N3S. The van der Waals surface area contributed by atoms with E-state index in [1.807, 2.05) is 18.2 Å². The molecule has 1 heterocycles. The Morgan fingerprint density at radius 2 is 2.06 bits per heavy atom. The fourth-order valence-corrected chi connectivity index (χ4v) is 2.40. The number of benzene rings is 1. The summed E-state index contributed by atoms with van der Waals surface area (Å²) in [6, 6.07) is 10.2. The third-order valence-electron chi connectivity index (χ3n) is 2.29. The second kappa shape index (κ2) is 5.09. The van der Waals surface area contributed by atoms with Crippen LogP contribution in [0.15, 0.2) is 30.3 Å². The fraction of sp³-hybridized carbons (Fsp3) is 0.250. The summed E-state index contributed by atoms with van der Waals surface area (Å²) in [5.41, 5.74) is 7.99. The third kappa shape index (κ3) is 2.40. The van der Waals surface area contributed by atoms with Crippen LogP contribution in [0.2, 0.25) is 0 Å². The summed E-state index contributed by atoms with van der Waals surface area (Å²) in [7, 11) is 0. The first kappa shape index (κ1) is 11.1. The van der Waals surface area contributed by atoms with Crippen molar-refractivity contribution in [1.82, 2.24) is 10.3 Å². The van der Waals surface area contributed by atoms with Gasteiger partial charge in [-0.3, -0.25) is 0 Å². The molecule has 0 aliphatic carbocycles. The standard InChI is InChI=1S/C12H15N3S/c1-2-14-8-10-11(16-12(13)15-10)9-6-4-3-5-7-9/h3-7,14H,2,8H2,1H3,(H2,13,15). The Hall–Kier alpha value is -1.39. The number of rotatable bonds is 4. The van der Waals surface area contributed by atoms with E-state index in [9.17, 15) is 0 Å². The van der Waals surface area contributed by atoms with E-state index >= 15 is 0 Å². The molecule has 2 aromatic rings. The van der Waals surface area contributed by atoms with Crippen molar-refractivity contribution in [3.63, 3.8) is 0 Å². The lowest BCUT2D eigenvalue weighted by molar-refractivity contribution is 0.716. The maximum absolute atomic E-state index is 5.77. The van der Waals surface area contributed by atoms with Gasteiger partial charge in [-0.1, -0.05) is 48.6 Å². The molecule has 2 rings (SSSR count). The third-order valence-corrected chi connectivity index (χ3v) is 3.27. The highest BCUT2D eigenvalue weighted by Crippen LogP contribution is 2.31. The van der Waals surface area contributed by atoms with Gasteiger partial charge in [0.2, 0.25) is 0 Å². The number of nitrogen functional groups attached to an aromatic ring is 1. The molecule has 4 heteroatoms. The molecule has 0 fully saturated rings. The van der Waals surface area contributed by atoms with Crippen LogP contribution < -0.4 is 11.1 Å². The summed E-state index contributed by atoms with van der Waals surface area (Å²) < 4.78 is 0. The quantitative estimate of drug-likeness (QED) is 0.853. The molecule has 0 saturated heterocycles. The molecule has 0 radical (unpaired) electrons. The molecule has 0 spiro atoms. The maximum Gasteiger partial charge on any atom is 0.180 e. The van der Waals surface area contributed by atoms with Gasteiger partial charge in [0.1, 0.15) is 0 Å². The van der Waals surface area contributed by atoms with E-state index in [-0.39, 0.29) is 0 Å². The van der Waals surface area contributed by atoms with Crippen molar-refractivity contribution in [2.45, 2.75) is 13.5 Å². The van der Waals surface area contributed by atoms with Crippen LogP contribution in [0, 0.1) is 0 Å². The van der Waals surface area contributed by atoms with Gasteiger partial charge in [-0.2, -0.15) is 0 Å². The van der Waals surface area contributed by atoms with Crippen molar-refractivity contribution in [2.24, 2.45) is 0 Å². The zero-order valence-corrected chi connectivity index (χ0v) is 10.1. The molecule has 0 aliphatic rings. The molecule has 1 aromatic carbocycles. The Bertz CT molecular complexity index is 451. The highest BCUT2D eigenvalue weighted by molar-refractivity contribution is 7.18. The molecule has 3 N–H and O–H groups in total. The molecule has 1 aromatic heterocycles. The first-order valence-electron chi connectivity index (χ1n) is 5.32. The first-order chi connectivity index (χ1) is 7.81. The number of hydrogen-bond donors (Lipinski definition) is 2. The molecule has 0 amide bonds. The summed E-state index contributed by atoms with van der Waals surface area (Å²) in [6.45, 7) is 3.79. The summed E-state index contributed by atoms with van der Waals surface area (Å²) in [6.07, 6.45) is 0. The van der Waals surface area contributed by atoms with Gasteiger partial charge in [0.15, 0.2) is 5.13 Å². The van der Waals surface area contributed by atoms with Gasteiger partial charge in [0.05, 0.1) is 10.6 Å². The second-order valence-corrected chi connectivity index (χ2v) is 4.50. The highest BCUT2D eigenvalue weighted by Gasteiger charge is 2.10. The number of thiazole rings is 1. The second-order valence-electron chi connectivity index (χ2n) is 3.47. The number of aromatic nitrogens is 1. The van der Waals surface area contributed by atoms with Gasteiger partial charge in [-0.05, 0) is 12.1 Å². The van der Waals surface area contributed by atoms with E-state index in [0.29, 0.717) is 5.13 Å². The molecule has 3 nitrogen and oxygen atoms in total. The van der Waals surface area contributed by atoms with Crippen LogP contribution in [-0.4, -0.2) is 11.5 Å². The van der Waals surface area contributed by atoms with Crippen molar-refractivity contribution < 1.29 is 0 Å². The van der Waals surface area contributed by atoms with Crippen LogP contribution in [0.1, 0.15) is 12.6 Å². The Kier molecular flexibility index (Phi) is 3.54. The maximum atomic E-state index is 5.77. The minimum Gasteiger partial charge on any atom is -0.375 e. The van der Waals surface area contributed by atoms with Crippen LogP contribution in [0.25, 0.3) is 10.4 Å². The highest BCUT2D eigenvalue weighted by atomic mass is 32.1. The minimum absolute atomic E-state index is 0.631. The monoisotopic (exact) mass is 233 g/mol.